The third kappa shape index (κ3) is 4.02. The third-order valence-electron chi connectivity index (χ3n) is 5.86. The molecule has 1 saturated carbocycles. The van der Waals surface area contributed by atoms with Crippen molar-refractivity contribution in [3.63, 3.8) is 0 Å². The fourth-order valence-corrected chi connectivity index (χ4v) is 4.19. The minimum absolute atomic E-state index is 0.0999. The molecule has 5 atom stereocenters. The Morgan fingerprint density at radius 2 is 1.73 bits per heavy atom. The lowest BCUT2D eigenvalue weighted by molar-refractivity contribution is -0.142. The van der Waals surface area contributed by atoms with Gasteiger partial charge in [0.15, 0.2) is 0 Å². The third-order valence-corrected chi connectivity index (χ3v) is 5.86. The molecule has 2 rings (SSSR count). The fourth-order valence-electron chi connectivity index (χ4n) is 4.19. The van der Waals surface area contributed by atoms with Crippen LogP contribution in [-0.4, -0.2) is 58.6 Å². The molecular formula is C18H34N2O2. The largest absolute Gasteiger partial charge is 0.393 e. The Kier molecular flexibility index (Phi) is 6.27. The van der Waals surface area contributed by atoms with Gasteiger partial charge < -0.3 is 10.0 Å². The van der Waals surface area contributed by atoms with E-state index in [0.717, 1.165) is 38.6 Å². The van der Waals surface area contributed by atoms with Crippen molar-refractivity contribution in [2.45, 2.75) is 89.9 Å². The zero-order chi connectivity index (χ0) is 16.3. The van der Waals surface area contributed by atoms with E-state index in [1.165, 1.54) is 12.8 Å². The van der Waals surface area contributed by atoms with Gasteiger partial charge in [-0.05, 0) is 65.8 Å². The van der Waals surface area contributed by atoms with Crippen LogP contribution in [0.1, 0.15) is 65.7 Å². The molecule has 1 N–H and O–H groups in total. The summed E-state index contributed by atoms with van der Waals surface area (Å²) in [5.41, 5.74) is 0. The SMILES string of the molecule is CC(C(=O)N1C(C)CCCC1C)N(C)CC1CCCCC1O. The molecule has 0 bridgehead atoms. The monoisotopic (exact) mass is 310 g/mol. The van der Waals surface area contributed by atoms with Crippen LogP contribution in [-0.2, 0) is 4.79 Å². The standard InChI is InChI=1S/C18H34N2O2/c1-13-8-7-9-14(2)20(13)18(22)15(3)19(4)12-16-10-5-6-11-17(16)21/h13-17,21H,5-12H2,1-4H3. The highest BCUT2D eigenvalue weighted by Gasteiger charge is 2.34. The number of aliphatic hydroxyl groups excluding tert-OH is 1. The topological polar surface area (TPSA) is 43.8 Å². The van der Waals surface area contributed by atoms with Crippen LogP contribution in [0.3, 0.4) is 0 Å². The zero-order valence-corrected chi connectivity index (χ0v) is 14.8. The maximum atomic E-state index is 12.9. The second kappa shape index (κ2) is 7.78. The molecule has 4 nitrogen and oxygen atoms in total. The molecule has 2 aliphatic rings. The van der Waals surface area contributed by atoms with E-state index in [2.05, 4.69) is 23.6 Å². The van der Waals surface area contributed by atoms with Gasteiger partial charge in [0.25, 0.3) is 0 Å². The lowest BCUT2D eigenvalue weighted by atomic mass is 9.86. The van der Waals surface area contributed by atoms with E-state index >= 15 is 0 Å². The molecule has 0 aromatic carbocycles. The molecular weight excluding hydrogens is 276 g/mol. The van der Waals surface area contributed by atoms with Crippen molar-refractivity contribution in [2.75, 3.05) is 13.6 Å². The molecule has 1 aliphatic carbocycles. The number of carbonyl (C=O) groups is 1. The van der Waals surface area contributed by atoms with Gasteiger partial charge in [-0.3, -0.25) is 9.69 Å². The van der Waals surface area contributed by atoms with E-state index in [9.17, 15) is 9.90 Å². The van der Waals surface area contributed by atoms with E-state index in [-0.39, 0.29) is 18.1 Å². The van der Waals surface area contributed by atoms with Gasteiger partial charge >= 0.3 is 0 Å². The van der Waals surface area contributed by atoms with E-state index in [1.807, 2.05) is 14.0 Å². The number of hydrogen-bond acceptors (Lipinski definition) is 3. The minimum Gasteiger partial charge on any atom is -0.393 e. The molecule has 22 heavy (non-hydrogen) atoms. The van der Waals surface area contributed by atoms with E-state index in [0.29, 0.717) is 18.0 Å². The molecule has 0 radical (unpaired) electrons. The second-order valence-electron chi connectivity index (χ2n) is 7.60. The molecule has 5 unspecified atom stereocenters. The van der Waals surface area contributed by atoms with Crippen LogP contribution in [0.15, 0.2) is 0 Å². The van der Waals surface area contributed by atoms with Crippen molar-refractivity contribution in [2.24, 2.45) is 5.92 Å². The summed E-state index contributed by atoms with van der Waals surface area (Å²) in [6.45, 7) is 7.19. The number of carbonyl (C=O) groups excluding carboxylic acids is 1. The van der Waals surface area contributed by atoms with Crippen molar-refractivity contribution in [3.05, 3.63) is 0 Å². The first-order valence-corrected chi connectivity index (χ1v) is 9.12. The summed E-state index contributed by atoms with van der Waals surface area (Å²) in [6.07, 6.45) is 7.62. The summed E-state index contributed by atoms with van der Waals surface area (Å²) in [7, 11) is 2.03. The maximum absolute atomic E-state index is 12.9. The van der Waals surface area contributed by atoms with Crippen molar-refractivity contribution < 1.29 is 9.90 Å². The van der Waals surface area contributed by atoms with Gasteiger partial charge in [0.2, 0.25) is 5.91 Å². The molecule has 1 heterocycles. The molecule has 128 valence electrons. The highest BCUT2D eigenvalue weighted by atomic mass is 16.3. The molecule has 0 aromatic heterocycles. The van der Waals surface area contributed by atoms with Gasteiger partial charge in [0, 0.05) is 18.6 Å². The number of hydrogen-bond donors (Lipinski definition) is 1. The number of piperidine rings is 1. The van der Waals surface area contributed by atoms with Crippen LogP contribution in [0.4, 0.5) is 0 Å². The first kappa shape index (κ1) is 17.7. The maximum Gasteiger partial charge on any atom is 0.240 e. The second-order valence-corrected chi connectivity index (χ2v) is 7.60. The molecule has 1 amide bonds. The predicted octanol–water partition coefficient (Wildman–Crippen LogP) is 2.65. The van der Waals surface area contributed by atoms with Gasteiger partial charge in [-0.2, -0.15) is 0 Å². The summed E-state index contributed by atoms with van der Waals surface area (Å²) in [5, 5.41) is 10.1. The van der Waals surface area contributed by atoms with Crippen LogP contribution in [0.2, 0.25) is 0 Å². The number of likely N-dealkylation sites (N-methyl/N-ethyl adjacent to an activating group) is 1. The van der Waals surface area contributed by atoms with Crippen LogP contribution in [0.25, 0.3) is 0 Å². The number of nitrogens with zero attached hydrogens (tertiary/aromatic N) is 2. The Morgan fingerprint density at radius 1 is 1.14 bits per heavy atom. The first-order valence-electron chi connectivity index (χ1n) is 9.12. The number of rotatable bonds is 4. The van der Waals surface area contributed by atoms with Gasteiger partial charge in [0.1, 0.15) is 0 Å². The van der Waals surface area contributed by atoms with Crippen molar-refractivity contribution in [3.8, 4) is 0 Å². The van der Waals surface area contributed by atoms with E-state index < -0.39 is 0 Å². The molecule has 1 aliphatic heterocycles. The molecule has 2 fully saturated rings. The Morgan fingerprint density at radius 3 is 2.32 bits per heavy atom. The van der Waals surface area contributed by atoms with Crippen LogP contribution >= 0.6 is 0 Å². The first-order chi connectivity index (χ1) is 10.4. The molecule has 0 spiro atoms. The van der Waals surface area contributed by atoms with Crippen LogP contribution < -0.4 is 0 Å². The number of amides is 1. The van der Waals surface area contributed by atoms with Gasteiger partial charge in [0.05, 0.1) is 12.1 Å². The van der Waals surface area contributed by atoms with Crippen molar-refractivity contribution in [1.29, 1.82) is 0 Å². The molecule has 4 heteroatoms. The fraction of sp³-hybridized carbons (Fsp3) is 0.944. The van der Waals surface area contributed by atoms with Gasteiger partial charge in [-0.15, -0.1) is 0 Å². The quantitative estimate of drug-likeness (QED) is 0.868. The van der Waals surface area contributed by atoms with Crippen molar-refractivity contribution >= 4 is 5.91 Å². The average molecular weight is 310 g/mol. The molecule has 1 saturated heterocycles. The Hall–Kier alpha value is -0.610. The smallest absolute Gasteiger partial charge is 0.240 e. The summed E-state index contributed by atoms with van der Waals surface area (Å²) >= 11 is 0. The van der Waals surface area contributed by atoms with Crippen LogP contribution in [0, 0.1) is 5.92 Å². The highest BCUT2D eigenvalue weighted by Crippen LogP contribution is 2.27. The van der Waals surface area contributed by atoms with Crippen LogP contribution in [0.5, 0.6) is 0 Å². The van der Waals surface area contributed by atoms with Crippen molar-refractivity contribution in [1.82, 2.24) is 9.80 Å². The lowest BCUT2D eigenvalue weighted by Gasteiger charge is -2.42. The minimum atomic E-state index is -0.189. The average Bonchev–Trinajstić information content (AvgIpc) is 2.48. The highest BCUT2D eigenvalue weighted by molar-refractivity contribution is 5.82. The predicted molar refractivity (Wildman–Crippen MR) is 89.7 cm³/mol. The Bertz CT molecular complexity index is 364. The number of likely N-dealkylation sites (tertiary alicyclic amines) is 1. The Labute approximate surface area is 135 Å². The summed E-state index contributed by atoms with van der Waals surface area (Å²) in [5.74, 6) is 0.581. The normalized spacial score (nSPS) is 34.7. The van der Waals surface area contributed by atoms with Gasteiger partial charge in [-0.1, -0.05) is 12.8 Å². The van der Waals surface area contributed by atoms with Gasteiger partial charge in [-0.25, -0.2) is 0 Å². The Balaban J connectivity index is 1.93. The summed E-state index contributed by atoms with van der Waals surface area (Å²) in [4.78, 5) is 17.2. The lowest BCUT2D eigenvalue weighted by Crippen LogP contribution is -2.55. The van der Waals surface area contributed by atoms with E-state index in [1.54, 1.807) is 0 Å². The number of aliphatic hydroxyl groups is 1. The zero-order valence-electron chi connectivity index (χ0n) is 14.8. The molecule has 0 aromatic rings. The summed E-state index contributed by atoms with van der Waals surface area (Å²) in [6, 6.07) is 0.608. The van der Waals surface area contributed by atoms with E-state index in [4.69, 9.17) is 0 Å². The summed E-state index contributed by atoms with van der Waals surface area (Å²) < 4.78 is 0.